The van der Waals surface area contributed by atoms with Crippen molar-refractivity contribution in [2.24, 2.45) is 5.92 Å². The summed E-state index contributed by atoms with van der Waals surface area (Å²) in [6.45, 7) is 7.36. The van der Waals surface area contributed by atoms with E-state index in [4.69, 9.17) is 0 Å². The number of rotatable bonds is 6. The lowest BCUT2D eigenvalue weighted by Gasteiger charge is -2.28. The third-order valence-corrected chi connectivity index (χ3v) is 6.52. The summed E-state index contributed by atoms with van der Waals surface area (Å²) in [5, 5.41) is 3.41. The summed E-state index contributed by atoms with van der Waals surface area (Å²) in [6, 6.07) is 25.4. The highest BCUT2D eigenvalue weighted by Crippen LogP contribution is 2.38. The molecule has 0 unspecified atom stereocenters. The molecule has 1 saturated carbocycles. The molecule has 164 valence electrons. The highest BCUT2D eigenvalue weighted by atomic mass is 16.2. The molecule has 3 aromatic rings. The summed E-state index contributed by atoms with van der Waals surface area (Å²) in [5.41, 5.74) is 6.76. The molecule has 4 nitrogen and oxygen atoms in total. The van der Waals surface area contributed by atoms with E-state index in [1.54, 1.807) is 0 Å². The van der Waals surface area contributed by atoms with E-state index in [9.17, 15) is 4.79 Å². The molecule has 2 aliphatic rings. The Morgan fingerprint density at radius 2 is 1.62 bits per heavy atom. The van der Waals surface area contributed by atoms with Crippen LogP contribution in [-0.2, 0) is 11.3 Å². The topological polar surface area (TPSA) is 35.6 Å². The summed E-state index contributed by atoms with van der Waals surface area (Å²) >= 11 is 0. The normalized spacial score (nSPS) is 16.7. The van der Waals surface area contributed by atoms with Gasteiger partial charge < -0.3 is 5.32 Å². The second kappa shape index (κ2) is 9.27. The molecule has 3 aromatic carbocycles. The highest BCUT2D eigenvalue weighted by Gasteiger charge is 2.35. The molecule has 0 spiro atoms. The minimum Gasteiger partial charge on any atom is -0.314 e. The Hall–Kier alpha value is -2.95. The van der Waals surface area contributed by atoms with E-state index in [1.165, 1.54) is 22.3 Å². The molecule has 1 N–H and O–H groups in total. The molecule has 2 fully saturated rings. The lowest BCUT2D eigenvalue weighted by molar-refractivity contribution is -0.119. The maximum atomic E-state index is 13.4. The molecule has 1 saturated heterocycles. The largest absolute Gasteiger partial charge is 0.314 e. The molecule has 1 heterocycles. The summed E-state index contributed by atoms with van der Waals surface area (Å²) in [4.78, 5) is 17.8. The Kier molecular flexibility index (Phi) is 6.06. The molecule has 0 radical (unpaired) electrons. The van der Waals surface area contributed by atoms with Gasteiger partial charge in [-0.1, -0.05) is 48.5 Å². The smallest absolute Gasteiger partial charge is 0.234 e. The van der Waals surface area contributed by atoms with Crippen molar-refractivity contribution in [2.75, 3.05) is 31.1 Å². The minimum atomic E-state index is 0.150. The van der Waals surface area contributed by atoms with Gasteiger partial charge in [0.15, 0.2) is 0 Å². The zero-order valence-corrected chi connectivity index (χ0v) is 18.8. The number of hydrogen-bond acceptors (Lipinski definition) is 3. The molecule has 0 atom stereocenters. The van der Waals surface area contributed by atoms with Gasteiger partial charge in [-0.15, -0.1) is 0 Å². The number of amides is 1. The number of hydrogen-bond donors (Lipinski definition) is 1. The van der Waals surface area contributed by atoms with Crippen molar-refractivity contribution >= 4 is 17.3 Å². The molecule has 1 amide bonds. The van der Waals surface area contributed by atoms with Gasteiger partial charge in [-0.2, -0.15) is 0 Å². The lowest BCUT2D eigenvalue weighted by Crippen LogP contribution is -2.42. The van der Waals surface area contributed by atoms with E-state index < -0.39 is 0 Å². The van der Waals surface area contributed by atoms with Crippen LogP contribution in [0.15, 0.2) is 72.8 Å². The van der Waals surface area contributed by atoms with E-state index in [-0.39, 0.29) is 11.8 Å². The van der Waals surface area contributed by atoms with Crippen LogP contribution in [0.25, 0.3) is 11.1 Å². The van der Waals surface area contributed by atoms with E-state index in [0.717, 1.165) is 56.9 Å². The predicted octanol–water partition coefficient (Wildman–Crippen LogP) is 5.14. The van der Waals surface area contributed by atoms with Crippen LogP contribution in [-0.4, -0.2) is 37.0 Å². The number of carbonyl (C=O) groups is 1. The first kappa shape index (κ1) is 20.9. The molecule has 1 aliphatic carbocycles. The van der Waals surface area contributed by atoms with Gasteiger partial charge in [0.05, 0.1) is 0 Å². The fourth-order valence-electron chi connectivity index (χ4n) is 4.47. The number of carbonyl (C=O) groups excluding carboxylic acids is 1. The van der Waals surface area contributed by atoms with E-state index in [0.29, 0.717) is 0 Å². The Morgan fingerprint density at radius 3 is 2.31 bits per heavy atom. The fourth-order valence-corrected chi connectivity index (χ4v) is 4.47. The first-order valence-electron chi connectivity index (χ1n) is 11.7. The highest BCUT2D eigenvalue weighted by molar-refractivity contribution is 6.03. The van der Waals surface area contributed by atoms with Crippen molar-refractivity contribution in [3.8, 4) is 11.1 Å². The van der Waals surface area contributed by atoms with E-state index >= 15 is 0 Å². The maximum Gasteiger partial charge on any atom is 0.234 e. The Bertz CT molecular complexity index is 1070. The zero-order valence-electron chi connectivity index (χ0n) is 18.8. The number of anilines is 2. The third-order valence-electron chi connectivity index (χ3n) is 6.52. The molecule has 1 aliphatic heterocycles. The van der Waals surface area contributed by atoms with Gasteiger partial charge >= 0.3 is 0 Å². The number of benzene rings is 3. The minimum absolute atomic E-state index is 0.150. The summed E-state index contributed by atoms with van der Waals surface area (Å²) in [5.74, 6) is 0.361. The van der Waals surface area contributed by atoms with Crippen LogP contribution < -0.4 is 10.2 Å². The van der Waals surface area contributed by atoms with Gasteiger partial charge in [0.2, 0.25) is 5.91 Å². The number of nitrogens with zero attached hydrogens (tertiary/aromatic N) is 2. The van der Waals surface area contributed by atoms with Gasteiger partial charge in [0, 0.05) is 50.0 Å². The lowest BCUT2D eigenvalue weighted by atomic mass is 9.99. The first-order chi connectivity index (χ1) is 15.7. The van der Waals surface area contributed by atoms with Crippen molar-refractivity contribution < 1.29 is 4.79 Å². The summed E-state index contributed by atoms with van der Waals surface area (Å²) < 4.78 is 0. The number of piperazine rings is 1. The quantitative estimate of drug-likeness (QED) is 0.594. The molecule has 32 heavy (non-hydrogen) atoms. The van der Waals surface area contributed by atoms with Crippen LogP contribution >= 0.6 is 0 Å². The molecule has 5 rings (SSSR count). The molecule has 0 aromatic heterocycles. The Labute approximate surface area is 190 Å². The SMILES string of the molecule is Cc1ccc(N(C(=O)C2CC2)c2ccc(CN3CCNCC3)cc2)cc1-c1ccccc1. The van der Waals surface area contributed by atoms with Crippen LogP contribution in [0.4, 0.5) is 11.4 Å². The molecular formula is C28H31N3O. The average molecular weight is 426 g/mol. The van der Waals surface area contributed by atoms with Gasteiger partial charge in [0.25, 0.3) is 0 Å². The zero-order chi connectivity index (χ0) is 21.9. The summed E-state index contributed by atoms with van der Waals surface area (Å²) in [6.07, 6.45) is 1.99. The Balaban J connectivity index is 1.45. The van der Waals surface area contributed by atoms with Gasteiger partial charge in [0.1, 0.15) is 0 Å². The second-order valence-corrected chi connectivity index (χ2v) is 9.01. The summed E-state index contributed by atoms with van der Waals surface area (Å²) in [7, 11) is 0. The van der Waals surface area contributed by atoms with Crippen LogP contribution in [0.2, 0.25) is 0 Å². The van der Waals surface area contributed by atoms with E-state index in [1.807, 2.05) is 11.0 Å². The monoisotopic (exact) mass is 425 g/mol. The number of nitrogens with one attached hydrogen (secondary N) is 1. The molecular weight excluding hydrogens is 394 g/mol. The maximum absolute atomic E-state index is 13.4. The van der Waals surface area contributed by atoms with Crippen LogP contribution in [0, 0.1) is 12.8 Å². The number of aryl methyl sites for hydroxylation is 1. The van der Waals surface area contributed by atoms with Crippen molar-refractivity contribution in [2.45, 2.75) is 26.3 Å². The van der Waals surface area contributed by atoms with Gasteiger partial charge in [-0.25, -0.2) is 0 Å². The van der Waals surface area contributed by atoms with Crippen molar-refractivity contribution in [3.63, 3.8) is 0 Å². The Morgan fingerprint density at radius 1 is 0.938 bits per heavy atom. The predicted molar refractivity (Wildman–Crippen MR) is 131 cm³/mol. The van der Waals surface area contributed by atoms with Gasteiger partial charge in [-0.05, 0) is 66.3 Å². The second-order valence-electron chi connectivity index (χ2n) is 9.01. The average Bonchev–Trinajstić information content (AvgIpc) is 3.68. The van der Waals surface area contributed by atoms with E-state index in [2.05, 4.69) is 83.9 Å². The fraction of sp³-hybridized carbons (Fsp3) is 0.321. The van der Waals surface area contributed by atoms with Crippen molar-refractivity contribution in [1.82, 2.24) is 10.2 Å². The molecule has 0 bridgehead atoms. The third kappa shape index (κ3) is 4.62. The molecule has 4 heteroatoms. The first-order valence-corrected chi connectivity index (χ1v) is 11.7. The van der Waals surface area contributed by atoms with Crippen LogP contribution in [0.3, 0.4) is 0 Å². The van der Waals surface area contributed by atoms with Crippen molar-refractivity contribution in [3.05, 3.63) is 83.9 Å². The van der Waals surface area contributed by atoms with Gasteiger partial charge in [-0.3, -0.25) is 14.6 Å². The standard InChI is InChI=1S/C28H31N3O/c1-21-7-12-26(19-27(21)23-5-3-2-4-6-23)31(28(32)24-10-11-24)25-13-8-22(9-14-25)20-30-17-15-29-16-18-30/h2-9,12-14,19,24,29H,10-11,15-18,20H2,1H3. The van der Waals surface area contributed by atoms with Crippen LogP contribution in [0.1, 0.15) is 24.0 Å². The van der Waals surface area contributed by atoms with Crippen LogP contribution in [0.5, 0.6) is 0 Å². The van der Waals surface area contributed by atoms with Crippen molar-refractivity contribution in [1.29, 1.82) is 0 Å².